The third kappa shape index (κ3) is 1.94. The number of phenolic OH excluding ortho intramolecular Hbond substituents is 2. The van der Waals surface area contributed by atoms with Crippen LogP contribution in [0.3, 0.4) is 0 Å². The molecule has 6 heteroatoms. The van der Waals surface area contributed by atoms with E-state index in [0.717, 1.165) is 0 Å². The molecule has 2 aromatic carbocycles. The van der Waals surface area contributed by atoms with E-state index in [-0.39, 0.29) is 5.75 Å². The number of hydrogen-bond donors (Lipinski definition) is 2. The van der Waals surface area contributed by atoms with Crippen LogP contribution < -0.4 is 0 Å². The fourth-order valence-corrected chi connectivity index (χ4v) is 2.34. The summed E-state index contributed by atoms with van der Waals surface area (Å²) < 4.78 is 15.6. The standard InChI is InChI=1S/C13H8BrFN2O2/c14-7-3-11-9(13(19)4-7)6-16-17(11)8-1-2-12(18)10(15)5-8/h1-6,18-19H. The second kappa shape index (κ2) is 4.24. The summed E-state index contributed by atoms with van der Waals surface area (Å²) in [6, 6.07) is 7.32. The van der Waals surface area contributed by atoms with E-state index in [0.29, 0.717) is 21.1 Å². The Morgan fingerprint density at radius 1 is 1.11 bits per heavy atom. The normalized spacial score (nSPS) is 11.1. The maximum atomic E-state index is 13.4. The molecule has 0 unspecified atom stereocenters. The molecular formula is C13H8BrFN2O2. The minimum absolute atomic E-state index is 0.0925. The van der Waals surface area contributed by atoms with Crippen molar-refractivity contribution in [1.29, 1.82) is 0 Å². The zero-order valence-electron chi connectivity index (χ0n) is 9.51. The summed E-state index contributed by atoms with van der Waals surface area (Å²) in [4.78, 5) is 0. The largest absolute Gasteiger partial charge is 0.507 e. The first kappa shape index (κ1) is 12.0. The summed E-state index contributed by atoms with van der Waals surface area (Å²) in [5.41, 5.74) is 1.10. The molecule has 0 spiro atoms. The molecule has 0 saturated heterocycles. The molecule has 4 nitrogen and oxygen atoms in total. The molecule has 96 valence electrons. The van der Waals surface area contributed by atoms with Gasteiger partial charge < -0.3 is 10.2 Å². The van der Waals surface area contributed by atoms with Crippen LogP contribution in [0.1, 0.15) is 0 Å². The van der Waals surface area contributed by atoms with E-state index in [9.17, 15) is 14.6 Å². The van der Waals surface area contributed by atoms with Crippen molar-refractivity contribution >= 4 is 26.8 Å². The summed E-state index contributed by atoms with van der Waals surface area (Å²) in [5.74, 6) is -1.04. The van der Waals surface area contributed by atoms with Gasteiger partial charge in [-0.2, -0.15) is 5.10 Å². The van der Waals surface area contributed by atoms with Crippen LogP contribution in [0, 0.1) is 5.82 Å². The lowest BCUT2D eigenvalue weighted by molar-refractivity contribution is 0.432. The molecule has 0 fully saturated rings. The molecule has 2 N–H and O–H groups in total. The van der Waals surface area contributed by atoms with Crippen LogP contribution in [0.5, 0.6) is 11.5 Å². The Kier molecular flexibility index (Phi) is 2.67. The van der Waals surface area contributed by atoms with E-state index in [1.54, 1.807) is 18.2 Å². The highest BCUT2D eigenvalue weighted by atomic mass is 79.9. The Labute approximate surface area is 115 Å². The number of aromatic nitrogens is 2. The fourth-order valence-electron chi connectivity index (χ4n) is 1.91. The quantitative estimate of drug-likeness (QED) is 0.722. The van der Waals surface area contributed by atoms with E-state index in [1.807, 2.05) is 0 Å². The SMILES string of the molecule is Oc1ccc(-n2ncc3c(O)cc(Br)cc32)cc1F. The van der Waals surface area contributed by atoms with Gasteiger partial charge in [-0.1, -0.05) is 15.9 Å². The molecule has 0 aliphatic heterocycles. The molecule has 0 bridgehead atoms. The lowest BCUT2D eigenvalue weighted by Gasteiger charge is -2.05. The third-order valence-corrected chi connectivity index (χ3v) is 3.27. The number of benzene rings is 2. The number of phenols is 2. The Morgan fingerprint density at radius 3 is 2.63 bits per heavy atom. The molecule has 3 aromatic rings. The van der Waals surface area contributed by atoms with Gasteiger partial charge in [0, 0.05) is 10.5 Å². The molecule has 1 heterocycles. The minimum Gasteiger partial charge on any atom is -0.507 e. The molecular weight excluding hydrogens is 315 g/mol. The second-order valence-corrected chi connectivity index (χ2v) is 4.97. The van der Waals surface area contributed by atoms with Crippen LogP contribution in [-0.4, -0.2) is 20.0 Å². The second-order valence-electron chi connectivity index (χ2n) is 4.05. The zero-order valence-corrected chi connectivity index (χ0v) is 11.1. The minimum atomic E-state index is -0.722. The first-order valence-corrected chi connectivity index (χ1v) is 6.20. The number of rotatable bonds is 1. The molecule has 3 rings (SSSR count). The highest BCUT2D eigenvalue weighted by Gasteiger charge is 2.11. The third-order valence-electron chi connectivity index (χ3n) is 2.81. The van der Waals surface area contributed by atoms with E-state index in [4.69, 9.17) is 0 Å². The van der Waals surface area contributed by atoms with Crippen LogP contribution >= 0.6 is 15.9 Å². The number of hydrogen-bond acceptors (Lipinski definition) is 3. The smallest absolute Gasteiger partial charge is 0.166 e. The van der Waals surface area contributed by atoms with Crippen LogP contribution in [-0.2, 0) is 0 Å². The average Bonchev–Trinajstić information content (AvgIpc) is 2.76. The number of halogens is 2. The van der Waals surface area contributed by atoms with Gasteiger partial charge in [-0.15, -0.1) is 0 Å². The van der Waals surface area contributed by atoms with Crippen molar-refractivity contribution in [1.82, 2.24) is 9.78 Å². The predicted molar refractivity (Wildman–Crippen MR) is 72.1 cm³/mol. The van der Waals surface area contributed by atoms with Crippen molar-refractivity contribution in [3.63, 3.8) is 0 Å². The molecule has 19 heavy (non-hydrogen) atoms. The van der Waals surface area contributed by atoms with Crippen molar-refractivity contribution in [3.05, 3.63) is 46.8 Å². The summed E-state index contributed by atoms with van der Waals surface area (Å²) in [6.07, 6.45) is 1.50. The lowest BCUT2D eigenvalue weighted by atomic mass is 10.2. The monoisotopic (exact) mass is 322 g/mol. The molecule has 0 saturated carbocycles. The highest BCUT2D eigenvalue weighted by molar-refractivity contribution is 9.10. The van der Waals surface area contributed by atoms with Crippen LogP contribution in [0.15, 0.2) is 41.0 Å². The van der Waals surface area contributed by atoms with Gasteiger partial charge in [0.1, 0.15) is 5.75 Å². The van der Waals surface area contributed by atoms with Gasteiger partial charge in [-0.3, -0.25) is 0 Å². The maximum Gasteiger partial charge on any atom is 0.166 e. The summed E-state index contributed by atoms with van der Waals surface area (Å²) >= 11 is 3.29. The lowest BCUT2D eigenvalue weighted by Crippen LogP contribution is -1.96. The van der Waals surface area contributed by atoms with Gasteiger partial charge in [0.2, 0.25) is 0 Å². The van der Waals surface area contributed by atoms with E-state index >= 15 is 0 Å². The zero-order chi connectivity index (χ0) is 13.6. The van der Waals surface area contributed by atoms with Gasteiger partial charge in [0.05, 0.1) is 22.8 Å². The predicted octanol–water partition coefficient (Wildman–Crippen LogP) is 3.34. The van der Waals surface area contributed by atoms with Crippen molar-refractivity contribution in [2.45, 2.75) is 0 Å². The highest BCUT2D eigenvalue weighted by Crippen LogP contribution is 2.31. The molecule has 1 aromatic heterocycles. The summed E-state index contributed by atoms with van der Waals surface area (Å²) in [7, 11) is 0. The van der Waals surface area contributed by atoms with Crippen LogP contribution in [0.25, 0.3) is 16.6 Å². The van der Waals surface area contributed by atoms with Gasteiger partial charge in [-0.25, -0.2) is 9.07 Å². The Morgan fingerprint density at radius 2 is 1.89 bits per heavy atom. The molecule has 0 aliphatic carbocycles. The van der Waals surface area contributed by atoms with Crippen molar-refractivity contribution in [2.24, 2.45) is 0 Å². The van der Waals surface area contributed by atoms with Gasteiger partial charge in [0.25, 0.3) is 0 Å². The number of fused-ring (bicyclic) bond motifs is 1. The average molecular weight is 323 g/mol. The van der Waals surface area contributed by atoms with E-state index in [1.165, 1.54) is 23.0 Å². The number of aromatic hydroxyl groups is 2. The molecule has 0 amide bonds. The summed E-state index contributed by atoms with van der Waals surface area (Å²) in [6.45, 7) is 0. The fraction of sp³-hybridized carbons (Fsp3) is 0. The van der Waals surface area contributed by atoms with Gasteiger partial charge in [-0.05, 0) is 24.3 Å². The van der Waals surface area contributed by atoms with Crippen LogP contribution in [0.4, 0.5) is 4.39 Å². The first-order valence-electron chi connectivity index (χ1n) is 5.41. The van der Waals surface area contributed by atoms with E-state index < -0.39 is 11.6 Å². The number of nitrogens with zero attached hydrogens (tertiary/aromatic N) is 2. The molecule has 0 radical (unpaired) electrons. The van der Waals surface area contributed by atoms with Gasteiger partial charge >= 0.3 is 0 Å². The van der Waals surface area contributed by atoms with Crippen molar-refractivity contribution in [2.75, 3.05) is 0 Å². The first-order chi connectivity index (χ1) is 9.06. The molecule has 0 aliphatic rings. The Bertz CT molecular complexity index is 786. The molecule has 0 atom stereocenters. The van der Waals surface area contributed by atoms with Crippen molar-refractivity contribution < 1.29 is 14.6 Å². The van der Waals surface area contributed by atoms with Crippen molar-refractivity contribution in [3.8, 4) is 17.2 Å². The van der Waals surface area contributed by atoms with Gasteiger partial charge in [0.15, 0.2) is 11.6 Å². The Hall–Kier alpha value is -2.08. The summed E-state index contributed by atoms with van der Waals surface area (Å²) in [5, 5.41) is 23.7. The maximum absolute atomic E-state index is 13.4. The topological polar surface area (TPSA) is 58.3 Å². The Balaban J connectivity index is 2.28. The van der Waals surface area contributed by atoms with E-state index in [2.05, 4.69) is 21.0 Å². The van der Waals surface area contributed by atoms with Crippen LogP contribution in [0.2, 0.25) is 0 Å².